The fourth-order valence-electron chi connectivity index (χ4n) is 4.50. The summed E-state index contributed by atoms with van der Waals surface area (Å²) < 4.78 is 36.3. The van der Waals surface area contributed by atoms with Gasteiger partial charge in [-0.25, -0.2) is 22.6 Å². The van der Waals surface area contributed by atoms with Gasteiger partial charge in [0.1, 0.15) is 11.6 Å². The van der Waals surface area contributed by atoms with Crippen molar-refractivity contribution in [1.82, 2.24) is 29.2 Å². The van der Waals surface area contributed by atoms with Gasteiger partial charge < -0.3 is 14.6 Å². The van der Waals surface area contributed by atoms with E-state index < -0.39 is 10.0 Å². The Morgan fingerprint density at radius 3 is 2.62 bits per heavy atom. The molecule has 0 aliphatic carbocycles. The van der Waals surface area contributed by atoms with Crippen LogP contribution in [0.25, 0.3) is 16.9 Å². The quantitative estimate of drug-likeness (QED) is 0.243. The van der Waals surface area contributed by atoms with Gasteiger partial charge in [-0.1, -0.05) is 37.3 Å². The van der Waals surface area contributed by atoms with Crippen LogP contribution < -0.4 is 15.0 Å². The number of rotatable bonds is 13. The number of nitrogens with zero attached hydrogens (tertiary/aromatic N) is 4. The van der Waals surface area contributed by atoms with Crippen LogP contribution in [0.3, 0.4) is 0 Å². The number of H-pyrrole nitrogens is 1. The molecular weight excluding hydrogens is 516 g/mol. The molecule has 0 fully saturated rings. The number of sulfonamides is 1. The minimum atomic E-state index is -3.81. The maximum absolute atomic E-state index is 13.2. The molecule has 2 heterocycles. The van der Waals surface area contributed by atoms with Crippen LogP contribution in [-0.4, -0.2) is 59.6 Å². The number of hydrogen-bond acceptors (Lipinski definition) is 7. The highest BCUT2D eigenvalue weighted by molar-refractivity contribution is 7.89. The second-order valence-corrected chi connectivity index (χ2v) is 11.3. The topological polar surface area (TPSA) is 122 Å². The molecule has 0 saturated carbocycles. The summed E-state index contributed by atoms with van der Waals surface area (Å²) in [7, 11) is -1.80. The zero-order chi connectivity index (χ0) is 28.0. The maximum Gasteiger partial charge on any atom is 0.277 e. The fraction of sp³-hybridized carbons (Fsp3) is 0.393. The molecule has 2 aromatic heterocycles. The van der Waals surface area contributed by atoms with Crippen LogP contribution in [0.1, 0.15) is 43.8 Å². The predicted molar refractivity (Wildman–Crippen MR) is 152 cm³/mol. The summed E-state index contributed by atoms with van der Waals surface area (Å²) in [5.74, 6) is 1.32. The van der Waals surface area contributed by atoms with E-state index in [0.717, 1.165) is 19.5 Å². The summed E-state index contributed by atoms with van der Waals surface area (Å²) >= 11 is 0. The Labute approximate surface area is 229 Å². The third-order valence-corrected chi connectivity index (χ3v) is 7.80. The molecule has 0 bridgehead atoms. The predicted octanol–water partition coefficient (Wildman–Crippen LogP) is 3.54. The van der Waals surface area contributed by atoms with E-state index in [4.69, 9.17) is 4.74 Å². The Kier molecular flexibility index (Phi) is 9.16. The molecule has 2 aromatic carbocycles. The van der Waals surface area contributed by atoms with Crippen LogP contribution in [0.4, 0.5) is 0 Å². The second kappa shape index (κ2) is 12.5. The average molecular weight is 553 g/mol. The summed E-state index contributed by atoms with van der Waals surface area (Å²) in [6.07, 6.45) is 2.15. The molecule has 11 heteroatoms. The molecule has 4 rings (SSSR count). The van der Waals surface area contributed by atoms with Crippen molar-refractivity contribution in [3.63, 3.8) is 0 Å². The Morgan fingerprint density at radius 2 is 1.90 bits per heavy atom. The number of imidazole rings is 1. The van der Waals surface area contributed by atoms with E-state index in [-0.39, 0.29) is 16.3 Å². The van der Waals surface area contributed by atoms with E-state index in [2.05, 4.69) is 36.8 Å². The minimum absolute atomic E-state index is 0.0666. The molecule has 0 unspecified atom stereocenters. The van der Waals surface area contributed by atoms with E-state index in [1.807, 2.05) is 39.1 Å². The molecule has 0 saturated heterocycles. The van der Waals surface area contributed by atoms with Crippen molar-refractivity contribution >= 4 is 15.5 Å². The molecular formula is C28H36N6O4S. The molecule has 0 aliphatic heterocycles. The van der Waals surface area contributed by atoms with Crippen molar-refractivity contribution < 1.29 is 13.2 Å². The van der Waals surface area contributed by atoms with E-state index in [0.29, 0.717) is 54.3 Å². The number of aryl methyl sites for hydroxylation is 2. The fourth-order valence-corrected chi connectivity index (χ4v) is 5.60. The highest BCUT2D eigenvalue weighted by Crippen LogP contribution is 2.30. The first-order valence-corrected chi connectivity index (χ1v) is 14.7. The van der Waals surface area contributed by atoms with Gasteiger partial charge in [-0.2, -0.15) is 0 Å². The molecule has 4 aromatic rings. The second-order valence-electron chi connectivity index (χ2n) is 9.49. The van der Waals surface area contributed by atoms with Gasteiger partial charge in [0, 0.05) is 19.5 Å². The number of aromatic nitrogens is 4. The molecule has 0 radical (unpaired) electrons. The minimum Gasteiger partial charge on any atom is -0.493 e. The van der Waals surface area contributed by atoms with Crippen molar-refractivity contribution in [1.29, 1.82) is 0 Å². The lowest BCUT2D eigenvalue weighted by Crippen LogP contribution is -2.28. The lowest BCUT2D eigenvalue weighted by Gasteiger charge is -2.17. The summed E-state index contributed by atoms with van der Waals surface area (Å²) in [4.78, 5) is 22.5. The molecule has 0 spiro atoms. The number of hydrogen-bond donors (Lipinski definition) is 2. The molecule has 10 nitrogen and oxygen atoms in total. The summed E-state index contributed by atoms with van der Waals surface area (Å²) in [5, 5.41) is 4.64. The van der Waals surface area contributed by atoms with Crippen molar-refractivity contribution in [2.45, 2.75) is 51.5 Å². The van der Waals surface area contributed by atoms with Crippen molar-refractivity contribution in [2.24, 2.45) is 0 Å². The van der Waals surface area contributed by atoms with Gasteiger partial charge in [0.2, 0.25) is 10.0 Å². The number of aromatic amines is 1. The Balaban J connectivity index is 1.55. The molecule has 0 atom stereocenters. The molecule has 2 N–H and O–H groups in total. The Bertz CT molecular complexity index is 1580. The van der Waals surface area contributed by atoms with Gasteiger partial charge in [-0.15, -0.1) is 5.10 Å². The molecule has 39 heavy (non-hydrogen) atoms. The number of nitrogens with one attached hydrogen (secondary N) is 2. The summed E-state index contributed by atoms with van der Waals surface area (Å²) in [6.45, 7) is 7.83. The molecule has 0 aliphatic rings. The summed E-state index contributed by atoms with van der Waals surface area (Å²) in [6, 6.07) is 14.7. The largest absolute Gasteiger partial charge is 0.493 e. The van der Waals surface area contributed by atoms with Crippen molar-refractivity contribution in [2.75, 3.05) is 26.7 Å². The maximum atomic E-state index is 13.2. The van der Waals surface area contributed by atoms with Gasteiger partial charge in [-0.3, -0.25) is 4.79 Å². The zero-order valence-corrected chi connectivity index (χ0v) is 23.7. The third-order valence-electron chi connectivity index (χ3n) is 6.34. The smallest absolute Gasteiger partial charge is 0.277 e. The summed E-state index contributed by atoms with van der Waals surface area (Å²) in [5.41, 5.74) is 2.22. The lowest BCUT2D eigenvalue weighted by atomic mass is 10.2. The van der Waals surface area contributed by atoms with Crippen LogP contribution in [-0.2, 0) is 23.0 Å². The first kappa shape index (κ1) is 28.5. The SMILES string of the molecule is CCCc1nc(C)c2c(=O)[nH]c(-c3cc(S(=O)(=O)NCCCN(C)Cc4ccccc4)ccc3OCC)nn12. The normalized spacial score (nSPS) is 11.9. The third kappa shape index (κ3) is 6.73. The Hall–Kier alpha value is -3.54. The van der Waals surface area contributed by atoms with E-state index in [9.17, 15) is 13.2 Å². The van der Waals surface area contributed by atoms with Gasteiger partial charge >= 0.3 is 0 Å². The highest BCUT2D eigenvalue weighted by atomic mass is 32.2. The number of benzene rings is 2. The van der Waals surface area contributed by atoms with Crippen LogP contribution >= 0.6 is 0 Å². The van der Waals surface area contributed by atoms with E-state index in [1.165, 1.54) is 17.7 Å². The van der Waals surface area contributed by atoms with E-state index in [1.54, 1.807) is 17.5 Å². The van der Waals surface area contributed by atoms with Crippen LogP contribution in [0, 0.1) is 6.92 Å². The average Bonchev–Trinajstić information content (AvgIpc) is 3.23. The van der Waals surface area contributed by atoms with Crippen LogP contribution in [0.15, 0.2) is 58.2 Å². The van der Waals surface area contributed by atoms with Gasteiger partial charge in [0.25, 0.3) is 5.56 Å². The molecule has 208 valence electrons. The first-order valence-electron chi connectivity index (χ1n) is 13.2. The Morgan fingerprint density at radius 1 is 1.13 bits per heavy atom. The monoisotopic (exact) mass is 552 g/mol. The highest BCUT2D eigenvalue weighted by Gasteiger charge is 2.21. The lowest BCUT2D eigenvalue weighted by molar-refractivity contribution is 0.322. The van der Waals surface area contributed by atoms with Gasteiger partial charge in [0.05, 0.1) is 22.8 Å². The molecule has 0 amide bonds. The van der Waals surface area contributed by atoms with Crippen LogP contribution in [0.2, 0.25) is 0 Å². The van der Waals surface area contributed by atoms with Crippen molar-refractivity contribution in [3.8, 4) is 17.1 Å². The number of ether oxygens (including phenoxy) is 1. The van der Waals surface area contributed by atoms with Gasteiger partial charge in [0.15, 0.2) is 11.3 Å². The van der Waals surface area contributed by atoms with Crippen molar-refractivity contribution in [3.05, 3.63) is 76.0 Å². The first-order chi connectivity index (χ1) is 18.7. The number of fused-ring (bicyclic) bond motifs is 1. The van der Waals surface area contributed by atoms with Crippen LogP contribution in [0.5, 0.6) is 5.75 Å². The van der Waals surface area contributed by atoms with E-state index >= 15 is 0 Å². The van der Waals surface area contributed by atoms with Gasteiger partial charge in [-0.05, 0) is 64.0 Å². The zero-order valence-electron chi connectivity index (χ0n) is 22.9. The standard InChI is InChI=1S/C28H36N6O4S/c1-5-11-25-30-20(3)26-28(35)31-27(32-34(25)26)23-18-22(14-15-24(23)38-6-2)39(36,37)29-16-10-17-33(4)19-21-12-8-7-9-13-21/h7-9,12-15,18,29H,5-6,10-11,16-17,19H2,1-4H3,(H,31,32,35).